The monoisotopic (exact) mass is 524 g/mol. The Bertz CT molecular complexity index is 1240. The van der Waals surface area contributed by atoms with E-state index in [0.717, 1.165) is 9.20 Å². The molecule has 0 aliphatic rings. The number of halogens is 2. The van der Waals surface area contributed by atoms with E-state index in [9.17, 15) is 13.2 Å². The Morgan fingerprint density at radius 1 is 1.03 bits per heavy atom. The molecule has 0 saturated carbocycles. The van der Waals surface area contributed by atoms with E-state index in [1.54, 1.807) is 61.5 Å². The summed E-state index contributed by atoms with van der Waals surface area (Å²) < 4.78 is 33.9. The number of para-hydroxylation sites is 2. The lowest BCUT2D eigenvalue weighted by Gasteiger charge is -2.26. The van der Waals surface area contributed by atoms with Crippen molar-refractivity contribution < 1.29 is 17.9 Å². The van der Waals surface area contributed by atoms with Crippen molar-refractivity contribution in [3.05, 3.63) is 76.8 Å². The minimum atomic E-state index is -4.10. The van der Waals surface area contributed by atoms with Gasteiger partial charge in [0.05, 0.1) is 32.9 Å². The maximum Gasteiger partial charge on any atom is 0.264 e. The highest BCUT2D eigenvalue weighted by molar-refractivity contribution is 7.98. The quantitative estimate of drug-likeness (QED) is 0.350. The van der Waals surface area contributed by atoms with Crippen LogP contribution in [0.1, 0.15) is 6.92 Å². The summed E-state index contributed by atoms with van der Waals surface area (Å²) >= 11 is 13.7. The molecule has 10 heteroatoms. The molecule has 6 nitrogen and oxygen atoms in total. The van der Waals surface area contributed by atoms with Crippen LogP contribution in [0.15, 0.2) is 76.5 Å². The van der Waals surface area contributed by atoms with E-state index in [0.29, 0.717) is 12.4 Å². The Balaban J connectivity index is 2.02. The second-order valence-corrected chi connectivity index (χ2v) is 10.3. The normalized spacial score (nSPS) is 11.2. The molecule has 1 amide bonds. The Kier molecular flexibility index (Phi) is 8.53. The predicted octanol–water partition coefficient (Wildman–Crippen LogP) is 5.95. The van der Waals surface area contributed by atoms with Crippen molar-refractivity contribution in [2.75, 3.05) is 29.0 Å². The second kappa shape index (κ2) is 11.2. The SMILES string of the molecule is CCOc1ccccc1N(CC(=O)Nc1cccc(Cl)c1Cl)S(=O)(=O)c1ccc(SC)cc1. The summed E-state index contributed by atoms with van der Waals surface area (Å²) in [5.41, 5.74) is 0.537. The number of benzene rings is 3. The molecule has 0 unspecified atom stereocenters. The maximum absolute atomic E-state index is 13.6. The summed E-state index contributed by atoms with van der Waals surface area (Å²) in [6.07, 6.45) is 1.90. The fourth-order valence-electron chi connectivity index (χ4n) is 3.04. The van der Waals surface area contributed by atoms with Crippen LogP contribution < -0.4 is 14.4 Å². The molecule has 0 aliphatic carbocycles. The van der Waals surface area contributed by atoms with Gasteiger partial charge in [0.25, 0.3) is 10.0 Å². The number of nitrogens with one attached hydrogen (secondary N) is 1. The summed E-state index contributed by atoms with van der Waals surface area (Å²) in [6, 6.07) is 17.9. The number of nitrogens with zero attached hydrogens (tertiary/aromatic N) is 1. The van der Waals surface area contributed by atoms with Crippen LogP contribution in [-0.4, -0.2) is 33.7 Å². The van der Waals surface area contributed by atoms with Crippen molar-refractivity contribution in [1.29, 1.82) is 0 Å². The largest absolute Gasteiger partial charge is 0.492 e. The molecule has 0 atom stereocenters. The highest BCUT2D eigenvalue weighted by Crippen LogP contribution is 2.34. The standard InChI is InChI=1S/C23H22Cl2N2O4S2/c1-3-31-21-10-5-4-9-20(21)27(33(29,30)17-13-11-16(32-2)12-14-17)15-22(28)26-19-8-6-7-18(24)23(19)25/h4-14H,3,15H2,1-2H3,(H,26,28). The minimum Gasteiger partial charge on any atom is -0.492 e. The van der Waals surface area contributed by atoms with Crippen molar-refractivity contribution in [2.24, 2.45) is 0 Å². The van der Waals surface area contributed by atoms with E-state index >= 15 is 0 Å². The van der Waals surface area contributed by atoms with Gasteiger partial charge in [-0.2, -0.15) is 0 Å². The van der Waals surface area contributed by atoms with Crippen LogP contribution in [0.5, 0.6) is 5.75 Å². The molecule has 0 fully saturated rings. The van der Waals surface area contributed by atoms with E-state index in [2.05, 4.69) is 5.32 Å². The van der Waals surface area contributed by atoms with Gasteiger partial charge in [0.1, 0.15) is 12.3 Å². The summed E-state index contributed by atoms with van der Waals surface area (Å²) in [6.45, 7) is 1.63. The number of anilines is 2. The maximum atomic E-state index is 13.6. The summed E-state index contributed by atoms with van der Waals surface area (Å²) in [5, 5.41) is 3.08. The van der Waals surface area contributed by atoms with Gasteiger partial charge in [-0.05, 0) is 61.7 Å². The van der Waals surface area contributed by atoms with Gasteiger partial charge in [-0.3, -0.25) is 9.10 Å². The molecule has 0 bridgehead atoms. The number of amides is 1. The zero-order valence-electron chi connectivity index (χ0n) is 17.9. The average Bonchev–Trinajstić information content (AvgIpc) is 2.81. The van der Waals surface area contributed by atoms with Crippen molar-refractivity contribution in [2.45, 2.75) is 16.7 Å². The summed E-state index contributed by atoms with van der Waals surface area (Å²) in [7, 11) is -4.10. The summed E-state index contributed by atoms with van der Waals surface area (Å²) in [4.78, 5) is 13.9. The number of thioether (sulfide) groups is 1. The van der Waals surface area contributed by atoms with Gasteiger partial charge < -0.3 is 10.1 Å². The molecule has 0 heterocycles. The fourth-order valence-corrected chi connectivity index (χ4v) is 5.22. The number of carbonyl (C=O) groups excluding carboxylic acids is 1. The molecular formula is C23H22Cl2N2O4S2. The number of rotatable bonds is 9. The molecular weight excluding hydrogens is 503 g/mol. The lowest BCUT2D eigenvalue weighted by atomic mass is 10.3. The Hall–Kier alpha value is -2.39. The van der Waals surface area contributed by atoms with Crippen LogP contribution in [-0.2, 0) is 14.8 Å². The lowest BCUT2D eigenvalue weighted by molar-refractivity contribution is -0.114. The first kappa shape index (κ1) is 25.2. The van der Waals surface area contributed by atoms with Crippen LogP contribution in [0.2, 0.25) is 10.0 Å². The van der Waals surface area contributed by atoms with Crippen molar-refractivity contribution in [3.63, 3.8) is 0 Å². The number of hydrogen-bond donors (Lipinski definition) is 1. The highest BCUT2D eigenvalue weighted by Gasteiger charge is 2.29. The van der Waals surface area contributed by atoms with Gasteiger partial charge in [0.15, 0.2) is 0 Å². The smallest absolute Gasteiger partial charge is 0.264 e. The van der Waals surface area contributed by atoms with E-state index in [1.165, 1.54) is 23.9 Å². The molecule has 0 saturated heterocycles. The zero-order chi connectivity index (χ0) is 24.0. The first-order valence-corrected chi connectivity index (χ1v) is 13.3. The molecule has 1 N–H and O–H groups in total. The third kappa shape index (κ3) is 5.95. The number of hydrogen-bond acceptors (Lipinski definition) is 5. The summed E-state index contributed by atoms with van der Waals surface area (Å²) in [5.74, 6) is -0.243. The van der Waals surface area contributed by atoms with Crippen LogP contribution in [0.4, 0.5) is 11.4 Å². The first-order valence-electron chi connectivity index (χ1n) is 9.90. The van der Waals surface area contributed by atoms with Crippen LogP contribution in [0.3, 0.4) is 0 Å². The van der Waals surface area contributed by atoms with E-state index in [-0.39, 0.29) is 26.3 Å². The molecule has 0 radical (unpaired) electrons. The zero-order valence-corrected chi connectivity index (χ0v) is 21.1. The topological polar surface area (TPSA) is 75.7 Å². The van der Waals surface area contributed by atoms with Gasteiger partial charge in [-0.25, -0.2) is 8.42 Å². The van der Waals surface area contributed by atoms with Gasteiger partial charge in [-0.1, -0.05) is 41.4 Å². The number of ether oxygens (including phenoxy) is 1. The van der Waals surface area contributed by atoms with Gasteiger partial charge >= 0.3 is 0 Å². The Morgan fingerprint density at radius 2 is 1.73 bits per heavy atom. The highest BCUT2D eigenvalue weighted by atomic mass is 35.5. The molecule has 33 heavy (non-hydrogen) atoms. The molecule has 0 aliphatic heterocycles. The van der Waals surface area contributed by atoms with Gasteiger partial charge in [0, 0.05) is 4.90 Å². The second-order valence-electron chi connectivity index (χ2n) is 6.74. The Morgan fingerprint density at radius 3 is 2.39 bits per heavy atom. The van der Waals surface area contributed by atoms with Crippen LogP contribution in [0, 0.1) is 0 Å². The van der Waals surface area contributed by atoms with Crippen LogP contribution >= 0.6 is 35.0 Å². The molecule has 174 valence electrons. The fraction of sp³-hybridized carbons (Fsp3) is 0.174. The van der Waals surface area contributed by atoms with E-state index in [4.69, 9.17) is 27.9 Å². The molecule has 3 aromatic carbocycles. The van der Waals surface area contributed by atoms with E-state index in [1.807, 2.05) is 6.26 Å². The van der Waals surface area contributed by atoms with Crippen molar-refractivity contribution in [1.82, 2.24) is 0 Å². The van der Waals surface area contributed by atoms with Crippen molar-refractivity contribution >= 4 is 62.3 Å². The molecule has 0 aromatic heterocycles. The average molecular weight is 525 g/mol. The molecule has 3 rings (SSSR count). The van der Waals surface area contributed by atoms with Gasteiger partial charge in [-0.15, -0.1) is 11.8 Å². The number of sulfonamides is 1. The Labute approximate surface area is 207 Å². The van der Waals surface area contributed by atoms with Crippen LogP contribution in [0.25, 0.3) is 0 Å². The lowest BCUT2D eigenvalue weighted by Crippen LogP contribution is -2.38. The predicted molar refractivity (Wildman–Crippen MR) is 135 cm³/mol. The van der Waals surface area contributed by atoms with Crippen molar-refractivity contribution in [3.8, 4) is 5.75 Å². The van der Waals surface area contributed by atoms with Gasteiger partial charge in [0.2, 0.25) is 5.91 Å². The third-order valence-electron chi connectivity index (χ3n) is 4.59. The molecule has 3 aromatic rings. The first-order chi connectivity index (χ1) is 15.8. The third-order valence-corrected chi connectivity index (χ3v) is 7.93. The minimum absolute atomic E-state index is 0.0557. The number of carbonyl (C=O) groups is 1. The molecule has 0 spiro atoms. The van der Waals surface area contributed by atoms with E-state index < -0.39 is 22.5 Å².